The van der Waals surface area contributed by atoms with Gasteiger partial charge in [-0.25, -0.2) is 4.79 Å². The maximum absolute atomic E-state index is 10.9. The monoisotopic (exact) mass is 157 g/mol. The van der Waals surface area contributed by atoms with Gasteiger partial charge in [-0.1, -0.05) is 13.8 Å². The Morgan fingerprint density at radius 2 is 2.18 bits per heavy atom. The fourth-order valence-electron chi connectivity index (χ4n) is 0.977. The molecule has 2 amide bonds. The smallest absolute Gasteiger partial charge is 0.414 e. The van der Waals surface area contributed by atoms with E-state index in [4.69, 9.17) is 0 Å². The fourth-order valence-corrected chi connectivity index (χ4v) is 0.977. The van der Waals surface area contributed by atoms with Gasteiger partial charge >= 0.3 is 6.09 Å². The number of hydrogen-bond donors (Lipinski definition) is 1. The minimum Gasteiger partial charge on any atom is -0.436 e. The van der Waals surface area contributed by atoms with Crippen LogP contribution in [0.4, 0.5) is 4.79 Å². The normalized spacial score (nSPS) is 23.7. The molecule has 1 fully saturated rings. The van der Waals surface area contributed by atoms with Gasteiger partial charge in [-0.2, -0.15) is 0 Å². The summed E-state index contributed by atoms with van der Waals surface area (Å²) in [7, 11) is 0. The molecule has 0 aromatic carbocycles. The van der Waals surface area contributed by atoms with Crippen LogP contribution < -0.4 is 5.32 Å². The zero-order chi connectivity index (χ0) is 8.43. The molecule has 4 heteroatoms. The number of amides is 2. The van der Waals surface area contributed by atoms with E-state index in [0.29, 0.717) is 12.3 Å². The lowest BCUT2D eigenvalue weighted by Gasteiger charge is -2.07. The molecule has 0 radical (unpaired) electrons. The minimum absolute atomic E-state index is 0.316. The first-order valence-corrected chi connectivity index (χ1v) is 3.61. The highest BCUT2D eigenvalue weighted by Gasteiger charge is 2.32. The number of carbonyl (C=O) groups excluding carboxylic acids is 2. The van der Waals surface area contributed by atoms with Crippen LogP contribution in [0.5, 0.6) is 0 Å². The fraction of sp³-hybridized carbons (Fsp3) is 0.714. The Kier molecular flexibility index (Phi) is 2.12. The third-order valence-corrected chi connectivity index (χ3v) is 1.45. The lowest BCUT2D eigenvalue weighted by Crippen LogP contribution is -2.25. The van der Waals surface area contributed by atoms with E-state index in [1.807, 2.05) is 13.8 Å². The van der Waals surface area contributed by atoms with Crippen molar-refractivity contribution in [3.05, 3.63) is 0 Å². The van der Waals surface area contributed by atoms with Crippen LogP contribution in [0.25, 0.3) is 0 Å². The molecule has 4 nitrogen and oxygen atoms in total. The topological polar surface area (TPSA) is 55.4 Å². The van der Waals surface area contributed by atoms with E-state index in [1.165, 1.54) is 0 Å². The molecule has 11 heavy (non-hydrogen) atoms. The number of ether oxygens (including phenoxy) is 1. The van der Waals surface area contributed by atoms with Crippen molar-refractivity contribution in [3.8, 4) is 0 Å². The van der Waals surface area contributed by atoms with Crippen molar-refractivity contribution in [2.75, 3.05) is 0 Å². The van der Waals surface area contributed by atoms with Crippen LogP contribution >= 0.6 is 0 Å². The summed E-state index contributed by atoms with van der Waals surface area (Å²) in [6.45, 7) is 3.94. The molecule has 0 bridgehead atoms. The van der Waals surface area contributed by atoms with E-state index in [9.17, 15) is 9.59 Å². The summed E-state index contributed by atoms with van der Waals surface area (Å²) < 4.78 is 4.68. The van der Waals surface area contributed by atoms with Crippen molar-refractivity contribution in [3.63, 3.8) is 0 Å². The van der Waals surface area contributed by atoms with Crippen molar-refractivity contribution < 1.29 is 14.3 Å². The molecule has 1 unspecified atom stereocenters. The van der Waals surface area contributed by atoms with Crippen LogP contribution in [-0.4, -0.2) is 18.1 Å². The van der Waals surface area contributed by atoms with E-state index < -0.39 is 12.2 Å². The van der Waals surface area contributed by atoms with Gasteiger partial charge in [0.2, 0.25) is 0 Å². The van der Waals surface area contributed by atoms with Gasteiger partial charge in [0, 0.05) is 0 Å². The molecule has 62 valence electrons. The zero-order valence-corrected chi connectivity index (χ0v) is 6.59. The minimum atomic E-state index is -0.624. The predicted molar refractivity (Wildman–Crippen MR) is 37.9 cm³/mol. The van der Waals surface area contributed by atoms with E-state index in [1.54, 1.807) is 0 Å². The van der Waals surface area contributed by atoms with Gasteiger partial charge < -0.3 is 4.74 Å². The van der Waals surface area contributed by atoms with E-state index in [0.717, 1.165) is 0 Å². The summed E-state index contributed by atoms with van der Waals surface area (Å²) in [6.07, 6.45) is -0.597. The lowest BCUT2D eigenvalue weighted by molar-refractivity contribution is -0.124. The van der Waals surface area contributed by atoms with Crippen molar-refractivity contribution >= 4 is 12.0 Å². The Morgan fingerprint density at radius 1 is 1.55 bits per heavy atom. The summed E-state index contributed by atoms with van der Waals surface area (Å²) in [4.78, 5) is 21.4. The Balaban J connectivity index is 2.47. The summed E-state index contributed by atoms with van der Waals surface area (Å²) >= 11 is 0. The Hall–Kier alpha value is -1.06. The van der Waals surface area contributed by atoms with Gasteiger partial charge in [0.1, 0.15) is 0 Å². The van der Waals surface area contributed by atoms with E-state index in [-0.39, 0.29) is 5.91 Å². The highest BCUT2D eigenvalue weighted by molar-refractivity contribution is 5.99. The van der Waals surface area contributed by atoms with Crippen LogP contribution in [0.15, 0.2) is 0 Å². The van der Waals surface area contributed by atoms with Crippen LogP contribution in [-0.2, 0) is 9.53 Å². The first-order valence-electron chi connectivity index (χ1n) is 3.61. The van der Waals surface area contributed by atoms with Crippen molar-refractivity contribution in [1.29, 1.82) is 0 Å². The number of carbonyl (C=O) groups is 2. The van der Waals surface area contributed by atoms with Crippen LogP contribution in [0.1, 0.15) is 20.3 Å². The Bertz CT molecular complexity index is 188. The molecule has 0 aliphatic carbocycles. The number of imide groups is 1. The number of nitrogens with one attached hydrogen (secondary N) is 1. The average molecular weight is 157 g/mol. The van der Waals surface area contributed by atoms with Crippen LogP contribution in [0.3, 0.4) is 0 Å². The molecule has 1 saturated heterocycles. The molecule has 0 aromatic rings. The lowest BCUT2D eigenvalue weighted by atomic mass is 10.1. The zero-order valence-electron chi connectivity index (χ0n) is 6.59. The van der Waals surface area contributed by atoms with Crippen molar-refractivity contribution in [2.24, 2.45) is 5.92 Å². The predicted octanol–water partition coefficient (Wildman–Crippen LogP) is 0.667. The number of alkyl carbamates (subject to hydrolysis) is 1. The second-order valence-electron chi connectivity index (χ2n) is 3.01. The second kappa shape index (κ2) is 2.90. The van der Waals surface area contributed by atoms with Gasteiger partial charge in [0.25, 0.3) is 5.91 Å². The largest absolute Gasteiger partial charge is 0.436 e. The molecule has 0 spiro atoms. The van der Waals surface area contributed by atoms with Gasteiger partial charge in [-0.15, -0.1) is 0 Å². The third-order valence-electron chi connectivity index (χ3n) is 1.45. The Labute approximate surface area is 64.9 Å². The highest BCUT2D eigenvalue weighted by atomic mass is 16.6. The van der Waals surface area contributed by atoms with Crippen molar-refractivity contribution in [1.82, 2.24) is 5.32 Å². The SMILES string of the molecule is CC(C)CC1OC(=O)NC1=O. The van der Waals surface area contributed by atoms with E-state index in [2.05, 4.69) is 10.1 Å². The van der Waals surface area contributed by atoms with Gasteiger partial charge in [-0.3, -0.25) is 10.1 Å². The summed E-state index contributed by atoms with van der Waals surface area (Å²) in [5.74, 6) is 0.0420. The number of hydrogen-bond acceptors (Lipinski definition) is 3. The molecular weight excluding hydrogens is 146 g/mol. The standard InChI is InChI=1S/C7H11NO3/c1-4(2)3-5-6(9)8-7(10)11-5/h4-5H,3H2,1-2H3,(H,8,9,10). The van der Waals surface area contributed by atoms with Crippen LogP contribution in [0.2, 0.25) is 0 Å². The average Bonchev–Trinajstić information content (AvgIpc) is 2.09. The second-order valence-corrected chi connectivity index (χ2v) is 3.01. The third kappa shape index (κ3) is 1.93. The molecule has 1 aliphatic heterocycles. The quantitative estimate of drug-likeness (QED) is 0.640. The summed E-state index contributed by atoms with van der Waals surface area (Å²) in [6, 6.07) is 0. The first-order chi connectivity index (χ1) is 5.09. The maximum Gasteiger partial charge on any atom is 0.414 e. The molecule has 1 atom stereocenters. The Morgan fingerprint density at radius 3 is 2.55 bits per heavy atom. The maximum atomic E-state index is 10.9. The molecule has 1 aliphatic rings. The summed E-state index contributed by atoms with van der Waals surface area (Å²) in [5, 5.41) is 2.07. The molecule has 0 saturated carbocycles. The molecule has 1 N–H and O–H groups in total. The first kappa shape index (κ1) is 8.04. The van der Waals surface area contributed by atoms with Gasteiger partial charge in [0.05, 0.1) is 0 Å². The molecular formula is C7H11NO3. The number of cyclic esters (lactones) is 1. The molecule has 1 heterocycles. The van der Waals surface area contributed by atoms with Gasteiger partial charge in [-0.05, 0) is 12.3 Å². The van der Waals surface area contributed by atoms with Crippen LogP contribution in [0, 0.1) is 5.92 Å². The summed E-state index contributed by atoms with van der Waals surface area (Å²) in [5.41, 5.74) is 0. The van der Waals surface area contributed by atoms with E-state index >= 15 is 0 Å². The van der Waals surface area contributed by atoms with Crippen molar-refractivity contribution in [2.45, 2.75) is 26.4 Å². The number of rotatable bonds is 2. The highest BCUT2D eigenvalue weighted by Crippen LogP contribution is 2.12. The molecule has 0 aromatic heterocycles. The van der Waals surface area contributed by atoms with Gasteiger partial charge in [0.15, 0.2) is 6.10 Å². The molecule has 1 rings (SSSR count).